The summed E-state index contributed by atoms with van der Waals surface area (Å²) in [4.78, 5) is 26.1. The second-order valence-electron chi connectivity index (χ2n) is 6.02. The van der Waals surface area contributed by atoms with Crippen LogP contribution >= 0.6 is 22.9 Å². The average Bonchev–Trinajstić information content (AvgIpc) is 3.14. The number of anilines is 1. The number of methoxy groups -OCH3 is 1. The molecule has 1 fully saturated rings. The molecule has 0 saturated carbocycles. The largest absolute Gasteiger partial charge is 0.375 e. The van der Waals surface area contributed by atoms with Crippen molar-refractivity contribution in [1.82, 2.24) is 15.1 Å². The predicted molar refractivity (Wildman–Crippen MR) is 99.7 cm³/mol. The maximum absolute atomic E-state index is 12.3. The molecule has 3 rings (SSSR count). The van der Waals surface area contributed by atoms with Crippen LogP contribution in [-0.2, 0) is 9.53 Å². The zero-order valence-corrected chi connectivity index (χ0v) is 15.8. The monoisotopic (exact) mass is 394 g/mol. The Hall–Kier alpha value is -2.03. The minimum atomic E-state index is -0.306. The summed E-state index contributed by atoms with van der Waals surface area (Å²) in [5.74, 6) is -0.235. The second-order valence-corrected chi connectivity index (χ2v) is 7.46. The Bertz CT molecular complexity index is 781. The highest BCUT2D eigenvalue weighted by molar-refractivity contribution is 7.13. The first kappa shape index (κ1) is 18.8. The third-order valence-electron chi connectivity index (χ3n) is 4.13. The van der Waals surface area contributed by atoms with E-state index in [-0.39, 0.29) is 24.3 Å². The van der Waals surface area contributed by atoms with Crippen molar-refractivity contribution < 1.29 is 14.3 Å². The van der Waals surface area contributed by atoms with Crippen molar-refractivity contribution in [3.8, 4) is 0 Å². The summed E-state index contributed by atoms with van der Waals surface area (Å²) in [6.45, 7) is 1.38. The topological polar surface area (TPSA) is 84.4 Å². The number of hydrogen-bond acceptors (Lipinski definition) is 6. The smallest absolute Gasteiger partial charge is 0.286 e. The van der Waals surface area contributed by atoms with Gasteiger partial charge >= 0.3 is 0 Å². The average molecular weight is 395 g/mol. The number of nitrogens with zero attached hydrogens (tertiary/aromatic N) is 3. The molecule has 1 atom stereocenters. The van der Waals surface area contributed by atoms with Crippen molar-refractivity contribution in [3.05, 3.63) is 39.3 Å². The molecule has 1 aromatic carbocycles. The Balaban J connectivity index is 1.64. The number of halogens is 1. The van der Waals surface area contributed by atoms with Gasteiger partial charge in [0.2, 0.25) is 10.9 Å². The van der Waals surface area contributed by atoms with Gasteiger partial charge in [-0.1, -0.05) is 22.9 Å². The van der Waals surface area contributed by atoms with Crippen LogP contribution in [0.4, 0.5) is 5.69 Å². The first-order valence-electron chi connectivity index (χ1n) is 8.24. The normalized spacial score (nSPS) is 17.2. The van der Waals surface area contributed by atoms with Crippen LogP contribution in [0.2, 0.25) is 5.02 Å². The fraction of sp³-hybridized carbons (Fsp3) is 0.412. The van der Waals surface area contributed by atoms with E-state index in [4.69, 9.17) is 16.3 Å². The van der Waals surface area contributed by atoms with E-state index >= 15 is 0 Å². The van der Waals surface area contributed by atoms with Crippen LogP contribution in [0.25, 0.3) is 0 Å². The maximum Gasteiger partial charge on any atom is 0.286 e. The van der Waals surface area contributed by atoms with E-state index in [1.54, 1.807) is 29.2 Å². The molecule has 0 bridgehead atoms. The van der Waals surface area contributed by atoms with Gasteiger partial charge in [-0.25, -0.2) is 0 Å². The SMILES string of the molecule is COCC(=O)N1CCC[C@@H](c2nnc(C(=O)Nc3ccc(Cl)cc3)s2)C1. The third kappa shape index (κ3) is 4.57. The van der Waals surface area contributed by atoms with Gasteiger partial charge < -0.3 is 15.0 Å². The lowest BCUT2D eigenvalue weighted by Gasteiger charge is -2.31. The Labute approximate surface area is 160 Å². The summed E-state index contributed by atoms with van der Waals surface area (Å²) in [5.41, 5.74) is 0.644. The molecule has 26 heavy (non-hydrogen) atoms. The van der Waals surface area contributed by atoms with Crippen LogP contribution in [0, 0.1) is 0 Å². The molecule has 1 aliphatic heterocycles. The lowest BCUT2D eigenvalue weighted by molar-refractivity contribution is -0.136. The quantitative estimate of drug-likeness (QED) is 0.842. The van der Waals surface area contributed by atoms with Crippen molar-refractivity contribution in [2.75, 3.05) is 32.1 Å². The Morgan fingerprint density at radius 2 is 2.12 bits per heavy atom. The molecule has 2 amide bonds. The lowest BCUT2D eigenvalue weighted by atomic mass is 9.99. The van der Waals surface area contributed by atoms with Crippen molar-refractivity contribution in [2.24, 2.45) is 0 Å². The fourth-order valence-electron chi connectivity index (χ4n) is 2.83. The summed E-state index contributed by atoms with van der Waals surface area (Å²) in [7, 11) is 1.51. The van der Waals surface area contributed by atoms with Gasteiger partial charge in [-0.3, -0.25) is 9.59 Å². The zero-order valence-electron chi connectivity index (χ0n) is 14.3. The number of rotatable bonds is 5. The van der Waals surface area contributed by atoms with Crippen molar-refractivity contribution in [1.29, 1.82) is 0 Å². The van der Waals surface area contributed by atoms with Gasteiger partial charge in [0.25, 0.3) is 5.91 Å². The summed E-state index contributed by atoms with van der Waals surface area (Å²) in [5, 5.41) is 12.6. The first-order valence-corrected chi connectivity index (χ1v) is 9.43. The van der Waals surface area contributed by atoms with Crippen LogP contribution in [0.15, 0.2) is 24.3 Å². The molecule has 7 nitrogen and oxygen atoms in total. The molecule has 0 aliphatic carbocycles. The summed E-state index contributed by atoms with van der Waals surface area (Å²) in [6, 6.07) is 6.86. The molecule has 0 unspecified atom stereocenters. The van der Waals surface area contributed by atoms with E-state index in [0.29, 0.717) is 22.3 Å². The van der Waals surface area contributed by atoms with Crippen LogP contribution in [-0.4, -0.2) is 53.7 Å². The molecule has 2 aromatic rings. The van der Waals surface area contributed by atoms with Crippen LogP contribution < -0.4 is 5.32 Å². The van der Waals surface area contributed by atoms with Gasteiger partial charge in [-0.15, -0.1) is 10.2 Å². The van der Waals surface area contributed by atoms with E-state index in [1.807, 2.05) is 0 Å². The van der Waals surface area contributed by atoms with Gasteiger partial charge in [0.05, 0.1) is 0 Å². The molecular formula is C17H19ClN4O3S. The van der Waals surface area contributed by atoms with Crippen molar-refractivity contribution in [3.63, 3.8) is 0 Å². The molecule has 138 valence electrons. The number of benzene rings is 1. The standard InChI is InChI=1S/C17H19ClN4O3S/c1-25-10-14(23)22-8-2-3-11(9-22)16-20-21-17(26-16)15(24)19-13-6-4-12(18)5-7-13/h4-7,11H,2-3,8-10H2,1H3,(H,19,24)/t11-/m1/s1. The van der Waals surface area contributed by atoms with E-state index in [1.165, 1.54) is 18.4 Å². The van der Waals surface area contributed by atoms with Crippen LogP contribution in [0.3, 0.4) is 0 Å². The minimum absolute atomic E-state index is 0.0255. The summed E-state index contributed by atoms with van der Waals surface area (Å²) in [6.07, 6.45) is 1.82. The molecule has 0 radical (unpaired) electrons. The number of likely N-dealkylation sites (tertiary alicyclic amines) is 1. The predicted octanol–water partition coefficient (Wildman–Crippen LogP) is 2.80. The number of carbonyl (C=O) groups is 2. The van der Waals surface area contributed by atoms with E-state index < -0.39 is 0 Å². The van der Waals surface area contributed by atoms with E-state index in [0.717, 1.165) is 24.4 Å². The van der Waals surface area contributed by atoms with Crippen LogP contribution in [0.1, 0.15) is 33.6 Å². The maximum atomic E-state index is 12.3. The number of carbonyl (C=O) groups excluding carboxylic acids is 2. The fourth-order valence-corrected chi connectivity index (χ4v) is 3.82. The number of amides is 2. The first-order chi connectivity index (χ1) is 12.6. The van der Waals surface area contributed by atoms with Crippen LogP contribution in [0.5, 0.6) is 0 Å². The highest BCUT2D eigenvalue weighted by Gasteiger charge is 2.27. The molecule has 2 heterocycles. The van der Waals surface area contributed by atoms with E-state index in [9.17, 15) is 9.59 Å². The minimum Gasteiger partial charge on any atom is -0.375 e. The number of hydrogen-bond donors (Lipinski definition) is 1. The number of piperidine rings is 1. The lowest BCUT2D eigenvalue weighted by Crippen LogP contribution is -2.40. The van der Waals surface area contributed by atoms with Gasteiger partial charge in [0.1, 0.15) is 11.6 Å². The Kier molecular flexibility index (Phi) is 6.18. The second kappa shape index (κ2) is 8.57. The Morgan fingerprint density at radius 1 is 1.35 bits per heavy atom. The number of nitrogens with one attached hydrogen (secondary N) is 1. The van der Waals surface area contributed by atoms with Gasteiger partial charge in [0, 0.05) is 36.8 Å². The molecule has 1 N–H and O–H groups in total. The van der Waals surface area contributed by atoms with Gasteiger partial charge in [0.15, 0.2) is 0 Å². The molecule has 9 heteroatoms. The van der Waals surface area contributed by atoms with E-state index in [2.05, 4.69) is 15.5 Å². The summed E-state index contributed by atoms with van der Waals surface area (Å²) < 4.78 is 4.92. The van der Waals surface area contributed by atoms with Crippen molar-refractivity contribution >= 4 is 40.4 Å². The zero-order chi connectivity index (χ0) is 18.5. The van der Waals surface area contributed by atoms with Gasteiger partial charge in [-0.05, 0) is 37.1 Å². The molecule has 0 spiro atoms. The number of aromatic nitrogens is 2. The molecule has 1 aromatic heterocycles. The molecular weight excluding hydrogens is 376 g/mol. The van der Waals surface area contributed by atoms with Crippen molar-refractivity contribution in [2.45, 2.75) is 18.8 Å². The Morgan fingerprint density at radius 3 is 2.85 bits per heavy atom. The molecule has 1 saturated heterocycles. The molecule has 1 aliphatic rings. The van der Waals surface area contributed by atoms with Gasteiger partial charge in [-0.2, -0.15) is 0 Å². The third-order valence-corrected chi connectivity index (χ3v) is 5.46. The highest BCUT2D eigenvalue weighted by Crippen LogP contribution is 2.29. The highest BCUT2D eigenvalue weighted by atomic mass is 35.5. The number of ether oxygens (including phenoxy) is 1. The summed E-state index contributed by atoms with van der Waals surface area (Å²) >= 11 is 7.11.